The molecule has 1 atom stereocenters. The van der Waals surface area contributed by atoms with Gasteiger partial charge in [-0.3, -0.25) is 4.90 Å². The summed E-state index contributed by atoms with van der Waals surface area (Å²) in [5, 5.41) is 5.94. The fourth-order valence-corrected chi connectivity index (χ4v) is 2.87. The molecule has 3 heterocycles. The Bertz CT molecular complexity index is 663. The van der Waals surface area contributed by atoms with Gasteiger partial charge in [-0.05, 0) is 32.2 Å². The molecule has 3 rings (SSSR count). The number of ether oxygens (including phenoxy) is 2. The summed E-state index contributed by atoms with van der Waals surface area (Å²) in [5.41, 5.74) is -0.559. The van der Waals surface area contributed by atoms with Crippen LogP contribution in [0, 0.1) is 0 Å². The highest BCUT2D eigenvalue weighted by molar-refractivity contribution is 7.13. The number of carbonyl (C=O) groups excluding carboxylic acids is 1. The third-order valence-corrected chi connectivity index (χ3v) is 4.09. The number of amides is 1. The van der Waals surface area contributed by atoms with E-state index in [9.17, 15) is 4.79 Å². The molecule has 8 heteroatoms. The van der Waals surface area contributed by atoms with Crippen molar-refractivity contribution in [2.75, 3.05) is 19.8 Å². The van der Waals surface area contributed by atoms with Gasteiger partial charge in [-0.25, -0.2) is 4.79 Å². The lowest BCUT2D eigenvalue weighted by atomic mass is 10.2. The van der Waals surface area contributed by atoms with Gasteiger partial charge in [0.05, 0.1) is 18.1 Å². The van der Waals surface area contributed by atoms with Crippen molar-refractivity contribution < 1.29 is 18.8 Å². The highest BCUT2D eigenvalue weighted by Crippen LogP contribution is 2.28. The zero-order valence-electron chi connectivity index (χ0n) is 13.3. The summed E-state index contributed by atoms with van der Waals surface area (Å²) < 4.78 is 16.3. The number of morpholine rings is 1. The van der Waals surface area contributed by atoms with E-state index in [4.69, 9.17) is 14.0 Å². The van der Waals surface area contributed by atoms with Crippen LogP contribution < -0.4 is 0 Å². The van der Waals surface area contributed by atoms with Crippen molar-refractivity contribution >= 4 is 17.4 Å². The minimum Gasteiger partial charge on any atom is -0.444 e. The maximum Gasteiger partial charge on any atom is 0.411 e. The lowest BCUT2D eigenvalue weighted by Crippen LogP contribution is -2.45. The van der Waals surface area contributed by atoms with Gasteiger partial charge in [0.2, 0.25) is 5.82 Å². The lowest BCUT2D eigenvalue weighted by Gasteiger charge is -2.34. The standard InChI is InChI=1S/C15H19N3O4S/c1-15(2,3)21-14(19)18-6-7-20-9-10(18)13-16-12(17-22-13)11-5-4-8-23-11/h4-5,8,10H,6-7,9H2,1-3H3/t10-/m1/s1. The Morgan fingerprint density at radius 1 is 1.48 bits per heavy atom. The largest absolute Gasteiger partial charge is 0.444 e. The summed E-state index contributed by atoms with van der Waals surface area (Å²) in [6.45, 7) is 6.70. The Kier molecular flexibility index (Phi) is 4.36. The smallest absolute Gasteiger partial charge is 0.411 e. The molecule has 1 amide bonds. The molecule has 124 valence electrons. The third-order valence-electron chi connectivity index (χ3n) is 3.22. The minimum atomic E-state index is -0.559. The molecule has 0 saturated carbocycles. The molecule has 0 aromatic carbocycles. The lowest BCUT2D eigenvalue weighted by molar-refractivity contribution is -0.0401. The summed E-state index contributed by atoms with van der Waals surface area (Å²) in [4.78, 5) is 19.3. The molecule has 1 saturated heterocycles. The number of aromatic nitrogens is 2. The molecule has 0 aliphatic carbocycles. The van der Waals surface area contributed by atoms with Crippen LogP contribution in [0.1, 0.15) is 32.7 Å². The first kappa shape index (κ1) is 15.9. The molecule has 0 spiro atoms. The Morgan fingerprint density at radius 3 is 3.00 bits per heavy atom. The first-order valence-electron chi connectivity index (χ1n) is 7.39. The number of carbonyl (C=O) groups is 1. The van der Waals surface area contributed by atoms with Gasteiger partial charge < -0.3 is 14.0 Å². The van der Waals surface area contributed by atoms with E-state index in [0.717, 1.165) is 4.88 Å². The average Bonchev–Trinajstić information content (AvgIpc) is 3.16. The van der Waals surface area contributed by atoms with Crippen LogP contribution in [0.5, 0.6) is 0 Å². The molecule has 7 nitrogen and oxygen atoms in total. The second-order valence-corrected chi connectivity index (χ2v) is 7.15. The van der Waals surface area contributed by atoms with Crippen molar-refractivity contribution in [2.45, 2.75) is 32.4 Å². The predicted molar refractivity (Wildman–Crippen MR) is 84.1 cm³/mol. The first-order chi connectivity index (χ1) is 10.9. The predicted octanol–water partition coefficient (Wildman–Crippen LogP) is 3.11. The Morgan fingerprint density at radius 2 is 2.30 bits per heavy atom. The molecule has 0 N–H and O–H groups in total. The molecule has 1 aliphatic rings. The van der Waals surface area contributed by atoms with Gasteiger partial charge in [0.1, 0.15) is 11.6 Å². The molecule has 0 radical (unpaired) electrons. The van der Waals surface area contributed by atoms with Crippen LogP contribution in [0.4, 0.5) is 4.79 Å². The zero-order chi connectivity index (χ0) is 16.4. The number of hydrogen-bond donors (Lipinski definition) is 0. The van der Waals surface area contributed by atoms with E-state index >= 15 is 0 Å². The summed E-state index contributed by atoms with van der Waals surface area (Å²) in [5.74, 6) is 0.878. The van der Waals surface area contributed by atoms with E-state index in [1.165, 1.54) is 11.3 Å². The molecule has 1 aliphatic heterocycles. The minimum absolute atomic E-state index is 0.311. The monoisotopic (exact) mass is 337 g/mol. The van der Waals surface area contributed by atoms with Gasteiger partial charge in [0.25, 0.3) is 5.89 Å². The van der Waals surface area contributed by atoms with Crippen LogP contribution in [-0.4, -0.2) is 46.5 Å². The van der Waals surface area contributed by atoms with Gasteiger partial charge in [-0.2, -0.15) is 4.98 Å². The molecule has 0 bridgehead atoms. The Balaban J connectivity index is 1.80. The number of nitrogens with zero attached hydrogens (tertiary/aromatic N) is 3. The highest BCUT2D eigenvalue weighted by Gasteiger charge is 2.35. The van der Waals surface area contributed by atoms with E-state index < -0.39 is 17.7 Å². The zero-order valence-corrected chi connectivity index (χ0v) is 14.1. The van der Waals surface area contributed by atoms with Crippen LogP contribution in [0.25, 0.3) is 10.7 Å². The van der Waals surface area contributed by atoms with Gasteiger partial charge >= 0.3 is 6.09 Å². The third kappa shape index (κ3) is 3.70. The fourth-order valence-electron chi connectivity index (χ4n) is 2.22. The summed E-state index contributed by atoms with van der Waals surface area (Å²) in [7, 11) is 0. The fraction of sp³-hybridized carbons (Fsp3) is 0.533. The van der Waals surface area contributed by atoms with Crippen LogP contribution in [0.15, 0.2) is 22.0 Å². The van der Waals surface area contributed by atoms with E-state index in [-0.39, 0.29) is 0 Å². The Labute approximate surface area is 138 Å². The number of thiophene rings is 1. The van der Waals surface area contributed by atoms with E-state index in [1.54, 1.807) is 4.90 Å². The van der Waals surface area contributed by atoms with Crippen molar-refractivity contribution in [3.05, 3.63) is 23.4 Å². The second-order valence-electron chi connectivity index (χ2n) is 6.20. The summed E-state index contributed by atoms with van der Waals surface area (Å²) in [6.07, 6.45) is -0.401. The van der Waals surface area contributed by atoms with E-state index in [2.05, 4.69) is 10.1 Å². The van der Waals surface area contributed by atoms with Crippen molar-refractivity contribution in [3.8, 4) is 10.7 Å². The SMILES string of the molecule is CC(C)(C)OC(=O)N1CCOC[C@@H]1c1nc(-c2cccs2)no1. The summed E-state index contributed by atoms with van der Waals surface area (Å²) >= 11 is 1.53. The van der Waals surface area contributed by atoms with Gasteiger partial charge in [-0.15, -0.1) is 11.3 Å². The average molecular weight is 337 g/mol. The van der Waals surface area contributed by atoms with Crippen molar-refractivity contribution in [1.29, 1.82) is 0 Å². The van der Waals surface area contributed by atoms with Gasteiger partial charge in [0.15, 0.2) is 0 Å². The molecule has 2 aromatic rings. The normalized spacial score (nSPS) is 18.9. The maximum absolute atomic E-state index is 12.4. The van der Waals surface area contributed by atoms with Crippen LogP contribution in [0.2, 0.25) is 0 Å². The van der Waals surface area contributed by atoms with Gasteiger partial charge in [0, 0.05) is 6.54 Å². The molecular weight excluding hydrogens is 318 g/mol. The van der Waals surface area contributed by atoms with E-state index in [0.29, 0.717) is 31.5 Å². The van der Waals surface area contributed by atoms with Crippen LogP contribution >= 0.6 is 11.3 Å². The Hall–Kier alpha value is -1.93. The molecular formula is C15H19N3O4S. The van der Waals surface area contributed by atoms with Gasteiger partial charge in [-0.1, -0.05) is 11.2 Å². The van der Waals surface area contributed by atoms with Crippen LogP contribution in [-0.2, 0) is 9.47 Å². The maximum atomic E-state index is 12.4. The topological polar surface area (TPSA) is 77.7 Å². The second kappa shape index (κ2) is 6.29. The van der Waals surface area contributed by atoms with Crippen molar-refractivity contribution in [3.63, 3.8) is 0 Å². The van der Waals surface area contributed by atoms with E-state index in [1.807, 2.05) is 38.3 Å². The number of rotatable bonds is 2. The van der Waals surface area contributed by atoms with Crippen molar-refractivity contribution in [2.24, 2.45) is 0 Å². The molecule has 0 unspecified atom stereocenters. The van der Waals surface area contributed by atoms with Crippen molar-refractivity contribution in [1.82, 2.24) is 15.0 Å². The highest BCUT2D eigenvalue weighted by atomic mass is 32.1. The molecule has 23 heavy (non-hydrogen) atoms. The summed E-state index contributed by atoms with van der Waals surface area (Å²) in [6, 6.07) is 3.41. The van der Waals surface area contributed by atoms with Crippen LogP contribution in [0.3, 0.4) is 0 Å². The molecule has 1 fully saturated rings. The quantitative estimate of drug-likeness (QED) is 0.838. The molecule has 2 aromatic heterocycles. The number of hydrogen-bond acceptors (Lipinski definition) is 7. The first-order valence-corrected chi connectivity index (χ1v) is 8.27.